The maximum absolute atomic E-state index is 14.0. The van der Waals surface area contributed by atoms with E-state index in [1.807, 2.05) is 53.7 Å². The van der Waals surface area contributed by atoms with Gasteiger partial charge in [-0.3, -0.25) is 14.4 Å². The van der Waals surface area contributed by atoms with Crippen LogP contribution in [-0.2, 0) is 22.4 Å². The summed E-state index contributed by atoms with van der Waals surface area (Å²) >= 11 is 0. The SMILES string of the molecule is CCCCCCc1cc(OC(=O)C(C)(C)C)ccc1C(=O)c1ccc(OC(=O)C(C)(C)C)cc1CCCCCC. The van der Waals surface area contributed by atoms with E-state index in [2.05, 4.69) is 13.8 Å². The molecule has 0 bridgehead atoms. The number of aryl methyl sites for hydroxylation is 2. The van der Waals surface area contributed by atoms with Gasteiger partial charge in [0.25, 0.3) is 0 Å². The minimum atomic E-state index is -0.624. The lowest BCUT2D eigenvalue weighted by Gasteiger charge is -2.19. The molecule has 2 rings (SSSR count). The molecule has 0 aromatic heterocycles. The van der Waals surface area contributed by atoms with Crippen LogP contribution < -0.4 is 9.47 Å². The van der Waals surface area contributed by atoms with E-state index in [-0.39, 0.29) is 17.7 Å². The molecule has 2 aromatic carbocycles. The number of benzene rings is 2. The standard InChI is InChI=1S/C35H50O5/c1-9-11-13-15-17-25-23-27(39-32(37)34(3,4)5)19-21-29(25)31(36)30-22-20-28(40-33(38)35(6,7)8)24-26(30)18-16-14-12-10-2/h19-24H,9-18H2,1-8H3. The van der Waals surface area contributed by atoms with Gasteiger partial charge in [-0.05, 0) is 115 Å². The minimum Gasteiger partial charge on any atom is -0.426 e. The van der Waals surface area contributed by atoms with Crippen LogP contribution >= 0.6 is 0 Å². The van der Waals surface area contributed by atoms with Gasteiger partial charge in [0.05, 0.1) is 10.8 Å². The second kappa shape index (κ2) is 15.2. The van der Waals surface area contributed by atoms with E-state index < -0.39 is 10.8 Å². The number of rotatable bonds is 14. The Morgan fingerprint density at radius 2 is 0.950 bits per heavy atom. The van der Waals surface area contributed by atoms with Gasteiger partial charge in [0.1, 0.15) is 11.5 Å². The fraction of sp³-hybridized carbons (Fsp3) is 0.571. The van der Waals surface area contributed by atoms with Crippen LogP contribution in [0.2, 0.25) is 0 Å². The molecule has 0 aliphatic carbocycles. The Balaban J connectivity index is 2.46. The van der Waals surface area contributed by atoms with Gasteiger partial charge in [-0.15, -0.1) is 0 Å². The van der Waals surface area contributed by atoms with Crippen molar-refractivity contribution >= 4 is 17.7 Å². The zero-order chi connectivity index (χ0) is 29.9. The predicted octanol–water partition coefficient (Wildman–Crippen LogP) is 9.07. The second-order valence-electron chi connectivity index (χ2n) is 12.9. The summed E-state index contributed by atoms with van der Waals surface area (Å²) in [5.41, 5.74) is 1.78. The van der Waals surface area contributed by atoms with Gasteiger partial charge < -0.3 is 9.47 Å². The highest BCUT2D eigenvalue weighted by Crippen LogP contribution is 2.29. The smallest absolute Gasteiger partial charge is 0.316 e. The Bertz CT molecular complexity index is 1060. The van der Waals surface area contributed by atoms with Gasteiger partial charge in [-0.25, -0.2) is 0 Å². The molecule has 0 atom stereocenters. The molecule has 0 aliphatic heterocycles. The van der Waals surface area contributed by atoms with E-state index in [1.165, 1.54) is 0 Å². The lowest BCUT2D eigenvalue weighted by atomic mass is 9.90. The van der Waals surface area contributed by atoms with Crippen molar-refractivity contribution < 1.29 is 23.9 Å². The van der Waals surface area contributed by atoms with Gasteiger partial charge in [-0.2, -0.15) is 0 Å². The van der Waals surface area contributed by atoms with Crippen molar-refractivity contribution in [2.75, 3.05) is 0 Å². The van der Waals surface area contributed by atoms with E-state index in [9.17, 15) is 14.4 Å². The highest BCUT2D eigenvalue weighted by molar-refractivity contribution is 6.11. The maximum atomic E-state index is 14.0. The van der Waals surface area contributed by atoms with E-state index >= 15 is 0 Å². The summed E-state index contributed by atoms with van der Waals surface area (Å²) in [6.07, 6.45) is 10.1. The van der Waals surface area contributed by atoms with E-state index in [4.69, 9.17) is 9.47 Å². The summed E-state index contributed by atoms with van der Waals surface area (Å²) in [6, 6.07) is 10.7. The molecule has 5 heteroatoms. The third-order valence-corrected chi connectivity index (χ3v) is 6.89. The molecule has 0 spiro atoms. The normalized spacial score (nSPS) is 11.8. The average molecular weight is 551 g/mol. The summed E-state index contributed by atoms with van der Waals surface area (Å²) < 4.78 is 11.3. The number of carbonyl (C=O) groups is 3. The van der Waals surface area contributed by atoms with Crippen molar-refractivity contribution in [2.45, 2.75) is 120 Å². The Hall–Kier alpha value is -2.95. The Morgan fingerprint density at radius 3 is 1.27 bits per heavy atom. The summed E-state index contributed by atoms with van der Waals surface area (Å²) in [7, 11) is 0. The van der Waals surface area contributed by atoms with Crippen LogP contribution in [-0.4, -0.2) is 17.7 Å². The second-order valence-corrected chi connectivity index (χ2v) is 12.9. The van der Waals surface area contributed by atoms with Gasteiger partial charge in [0, 0.05) is 11.1 Å². The quantitative estimate of drug-likeness (QED) is 0.102. The first-order valence-electron chi connectivity index (χ1n) is 15.0. The summed E-state index contributed by atoms with van der Waals surface area (Å²) in [4.78, 5) is 39.1. The van der Waals surface area contributed by atoms with Crippen molar-refractivity contribution in [1.29, 1.82) is 0 Å². The number of hydrogen-bond acceptors (Lipinski definition) is 5. The molecule has 0 unspecified atom stereocenters. The molecule has 0 radical (unpaired) electrons. The Morgan fingerprint density at radius 1 is 0.575 bits per heavy atom. The summed E-state index contributed by atoms with van der Waals surface area (Å²) in [5.74, 6) is 0.257. The predicted molar refractivity (Wildman–Crippen MR) is 162 cm³/mol. The molecule has 0 N–H and O–H groups in total. The third-order valence-electron chi connectivity index (χ3n) is 6.89. The number of hydrogen-bond donors (Lipinski definition) is 0. The molecular weight excluding hydrogens is 500 g/mol. The van der Waals surface area contributed by atoms with Crippen LogP contribution in [0.3, 0.4) is 0 Å². The summed E-state index contributed by atoms with van der Waals surface area (Å²) in [5, 5.41) is 0. The van der Waals surface area contributed by atoms with Gasteiger partial charge in [0.15, 0.2) is 5.78 Å². The molecule has 2 aromatic rings. The van der Waals surface area contributed by atoms with Crippen molar-refractivity contribution in [3.05, 3.63) is 58.7 Å². The van der Waals surface area contributed by atoms with Crippen LogP contribution in [0.5, 0.6) is 11.5 Å². The topological polar surface area (TPSA) is 69.7 Å². The molecular formula is C35H50O5. The highest BCUT2D eigenvalue weighted by Gasteiger charge is 2.26. The minimum absolute atomic E-state index is 0.0571. The Kier molecular flexibility index (Phi) is 12.6. The average Bonchev–Trinajstić information content (AvgIpc) is 2.88. The molecule has 0 saturated carbocycles. The van der Waals surface area contributed by atoms with E-state index in [1.54, 1.807) is 24.3 Å². The Labute approximate surface area is 242 Å². The van der Waals surface area contributed by atoms with Gasteiger partial charge in [0.2, 0.25) is 0 Å². The third kappa shape index (κ3) is 10.2. The van der Waals surface area contributed by atoms with Crippen LogP contribution in [0.1, 0.15) is 134 Å². The van der Waals surface area contributed by atoms with Crippen molar-refractivity contribution in [3.8, 4) is 11.5 Å². The van der Waals surface area contributed by atoms with Gasteiger partial charge >= 0.3 is 11.9 Å². The van der Waals surface area contributed by atoms with Crippen LogP contribution in [0.25, 0.3) is 0 Å². The lowest BCUT2D eigenvalue weighted by molar-refractivity contribution is -0.143. The van der Waals surface area contributed by atoms with Crippen molar-refractivity contribution in [1.82, 2.24) is 0 Å². The van der Waals surface area contributed by atoms with Gasteiger partial charge in [-0.1, -0.05) is 52.4 Å². The molecule has 0 aliphatic rings. The fourth-order valence-corrected chi connectivity index (χ4v) is 4.27. The largest absolute Gasteiger partial charge is 0.426 e. The van der Waals surface area contributed by atoms with E-state index in [0.29, 0.717) is 22.6 Å². The molecule has 0 saturated heterocycles. The van der Waals surface area contributed by atoms with Crippen molar-refractivity contribution in [3.63, 3.8) is 0 Å². The highest BCUT2D eigenvalue weighted by atomic mass is 16.5. The molecule has 0 amide bonds. The molecule has 40 heavy (non-hydrogen) atoms. The fourth-order valence-electron chi connectivity index (χ4n) is 4.27. The van der Waals surface area contributed by atoms with E-state index in [0.717, 1.165) is 75.3 Å². The molecule has 220 valence electrons. The zero-order valence-corrected chi connectivity index (χ0v) is 26.1. The van der Waals surface area contributed by atoms with Crippen LogP contribution in [0.4, 0.5) is 0 Å². The van der Waals surface area contributed by atoms with Crippen LogP contribution in [0.15, 0.2) is 36.4 Å². The molecule has 5 nitrogen and oxygen atoms in total. The lowest BCUT2D eigenvalue weighted by Crippen LogP contribution is -2.25. The first-order chi connectivity index (χ1) is 18.8. The first-order valence-corrected chi connectivity index (χ1v) is 15.0. The number of ether oxygens (including phenoxy) is 2. The first kappa shape index (κ1) is 33.3. The number of unbranched alkanes of at least 4 members (excludes halogenated alkanes) is 6. The molecule has 0 fully saturated rings. The van der Waals surface area contributed by atoms with Crippen molar-refractivity contribution in [2.24, 2.45) is 10.8 Å². The number of carbonyl (C=O) groups excluding carboxylic acids is 3. The number of ketones is 1. The van der Waals surface area contributed by atoms with Crippen LogP contribution in [0, 0.1) is 10.8 Å². The monoisotopic (exact) mass is 550 g/mol. The number of esters is 2. The molecule has 0 heterocycles. The zero-order valence-electron chi connectivity index (χ0n) is 26.1. The maximum Gasteiger partial charge on any atom is 0.316 e. The summed E-state index contributed by atoms with van der Waals surface area (Å²) in [6.45, 7) is 15.3.